The first-order chi connectivity index (χ1) is 29.8. The lowest BCUT2D eigenvalue weighted by Crippen LogP contribution is -2.65. The lowest BCUT2D eigenvalue weighted by molar-refractivity contribution is -0.164. The van der Waals surface area contributed by atoms with Crippen molar-refractivity contribution < 1.29 is 41.8 Å². The zero-order chi connectivity index (χ0) is 45.6. The van der Waals surface area contributed by atoms with Gasteiger partial charge in [0.1, 0.15) is 29.4 Å². The maximum Gasteiger partial charge on any atom is 0.389 e. The number of methoxy groups -OCH3 is 1. The van der Waals surface area contributed by atoms with Gasteiger partial charge in [-0.15, -0.1) is 0 Å². The van der Waals surface area contributed by atoms with Gasteiger partial charge in [-0.25, -0.2) is 4.98 Å². The molecule has 0 spiro atoms. The number of hydrogen-bond donors (Lipinski definition) is 2. The minimum Gasteiger partial charge on any atom is -0.457 e. The number of alkyl halides is 3. The number of rotatable bonds is 12. The Morgan fingerprint density at radius 2 is 1.67 bits per heavy atom. The minimum absolute atomic E-state index is 0.115. The average molecular weight is 915 g/mol. The number of aromatic nitrogens is 2. The summed E-state index contributed by atoms with van der Waals surface area (Å²) >= 11 is 12.6. The Balaban J connectivity index is 1.33. The molecule has 13 nitrogen and oxygen atoms in total. The number of piperidine rings is 1. The summed E-state index contributed by atoms with van der Waals surface area (Å²) in [6.45, 7) is 1.47. The average Bonchev–Trinajstić information content (AvgIpc) is 3.58. The number of benzene rings is 3. The van der Waals surface area contributed by atoms with Crippen LogP contribution in [0.2, 0.25) is 10.0 Å². The largest absolute Gasteiger partial charge is 0.457 e. The van der Waals surface area contributed by atoms with Crippen LogP contribution in [0.1, 0.15) is 49.6 Å². The monoisotopic (exact) mass is 913 g/mol. The van der Waals surface area contributed by atoms with Crippen molar-refractivity contribution in [1.82, 2.24) is 34.9 Å². The Morgan fingerprint density at radius 1 is 0.968 bits per heavy atom. The van der Waals surface area contributed by atoms with Gasteiger partial charge in [0.05, 0.1) is 49.5 Å². The maximum atomic E-state index is 14.5. The van der Waals surface area contributed by atoms with E-state index in [0.717, 1.165) is 27.5 Å². The molecule has 338 valence electrons. The number of halogens is 5. The maximum absolute atomic E-state index is 14.5. The summed E-state index contributed by atoms with van der Waals surface area (Å²) in [6, 6.07) is 16.2. The number of ether oxygens (including phenoxy) is 2. The van der Waals surface area contributed by atoms with Gasteiger partial charge in [0.15, 0.2) is 0 Å². The molecule has 2 aliphatic rings. The SMILES string of the molecule is COC[C@@H]1NC(=O)[C@H](C)N(Cc2ccc(Cl)cc2Oc2ccc(-c3cnc(CN(C)C)n3C)cc2)C(=O)C[C@@H](CC(F)(F)F)C(=O)N2CCC[C@@](Cc3ccc(Cl)cc3)(C2)NC1=O. The van der Waals surface area contributed by atoms with Crippen molar-refractivity contribution in [3.63, 3.8) is 0 Å². The fourth-order valence-electron chi connectivity index (χ4n) is 8.19. The number of nitrogens with one attached hydrogen (secondary N) is 2. The van der Waals surface area contributed by atoms with Gasteiger partial charge in [-0.3, -0.25) is 19.2 Å². The zero-order valence-corrected chi connectivity index (χ0v) is 37.3. The van der Waals surface area contributed by atoms with Gasteiger partial charge in [-0.05, 0) is 94.4 Å². The van der Waals surface area contributed by atoms with Gasteiger partial charge in [-0.2, -0.15) is 13.2 Å². The summed E-state index contributed by atoms with van der Waals surface area (Å²) in [7, 11) is 7.22. The van der Waals surface area contributed by atoms with Crippen molar-refractivity contribution >= 4 is 46.8 Å². The van der Waals surface area contributed by atoms with Crippen LogP contribution in [0.25, 0.3) is 11.3 Å². The van der Waals surface area contributed by atoms with Gasteiger partial charge in [-0.1, -0.05) is 41.4 Å². The Morgan fingerprint density at radius 3 is 2.33 bits per heavy atom. The molecule has 2 bridgehead atoms. The van der Waals surface area contributed by atoms with E-state index in [0.29, 0.717) is 40.7 Å². The quantitative estimate of drug-likeness (QED) is 0.159. The molecule has 0 aliphatic carbocycles. The molecule has 2 N–H and O–H groups in total. The highest BCUT2D eigenvalue weighted by molar-refractivity contribution is 6.31. The van der Waals surface area contributed by atoms with Crippen molar-refractivity contribution in [3.05, 3.63) is 99.9 Å². The zero-order valence-electron chi connectivity index (χ0n) is 35.8. The molecule has 2 fully saturated rings. The highest BCUT2D eigenvalue weighted by Crippen LogP contribution is 2.35. The van der Waals surface area contributed by atoms with Crippen LogP contribution in [0.5, 0.6) is 11.5 Å². The molecular formula is C45H52Cl2F3N7O6. The van der Waals surface area contributed by atoms with Crippen LogP contribution in [0.4, 0.5) is 13.2 Å². The molecule has 18 heteroatoms. The summed E-state index contributed by atoms with van der Waals surface area (Å²) in [5.74, 6) is -3.47. The molecule has 3 aromatic carbocycles. The third kappa shape index (κ3) is 12.1. The number of amides is 4. The van der Waals surface area contributed by atoms with E-state index >= 15 is 0 Å². The van der Waals surface area contributed by atoms with Gasteiger partial charge in [0, 0.05) is 54.8 Å². The summed E-state index contributed by atoms with van der Waals surface area (Å²) in [5, 5.41) is 6.55. The van der Waals surface area contributed by atoms with E-state index < -0.39 is 66.2 Å². The Hall–Kier alpha value is -5.16. The lowest BCUT2D eigenvalue weighted by atomic mass is 9.82. The predicted molar refractivity (Wildman–Crippen MR) is 232 cm³/mol. The van der Waals surface area contributed by atoms with Crippen molar-refractivity contribution in [1.29, 1.82) is 0 Å². The van der Waals surface area contributed by atoms with Crippen LogP contribution in [0, 0.1) is 5.92 Å². The molecule has 1 aromatic heterocycles. The fraction of sp³-hybridized carbons (Fsp3) is 0.444. The topological polar surface area (TPSA) is 138 Å². The third-order valence-corrected chi connectivity index (χ3v) is 11.9. The summed E-state index contributed by atoms with van der Waals surface area (Å²) in [4.78, 5) is 66.0. The number of imidazole rings is 1. The molecule has 4 amide bonds. The first-order valence-electron chi connectivity index (χ1n) is 20.6. The van der Waals surface area contributed by atoms with E-state index in [1.54, 1.807) is 54.7 Å². The van der Waals surface area contributed by atoms with E-state index in [9.17, 15) is 32.3 Å². The van der Waals surface area contributed by atoms with E-state index in [1.165, 1.54) is 25.0 Å². The predicted octanol–water partition coefficient (Wildman–Crippen LogP) is 6.79. The van der Waals surface area contributed by atoms with Crippen molar-refractivity contribution in [2.24, 2.45) is 13.0 Å². The van der Waals surface area contributed by atoms with Gasteiger partial charge in [0.25, 0.3) is 0 Å². The van der Waals surface area contributed by atoms with Crippen molar-refractivity contribution in [3.8, 4) is 22.8 Å². The smallest absolute Gasteiger partial charge is 0.389 e. The Labute approximate surface area is 374 Å². The highest BCUT2D eigenvalue weighted by atomic mass is 35.5. The van der Waals surface area contributed by atoms with Crippen molar-refractivity contribution in [2.75, 3.05) is 40.9 Å². The highest BCUT2D eigenvalue weighted by Gasteiger charge is 2.45. The van der Waals surface area contributed by atoms with Gasteiger partial charge >= 0.3 is 6.18 Å². The molecular weight excluding hydrogens is 862 g/mol. The molecule has 2 saturated heterocycles. The lowest BCUT2D eigenvalue weighted by Gasteiger charge is -2.45. The second-order valence-corrected chi connectivity index (χ2v) is 17.5. The number of carbonyl (C=O) groups excluding carboxylic acids is 4. The normalized spacial score (nSPS) is 21.6. The molecule has 3 heterocycles. The molecule has 63 heavy (non-hydrogen) atoms. The van der Waals surface area contributed by atoms with Crippen LogP contribution >= 0.6 is 23.2 Å². The molecule has 0 saturated carbocycles. The minimum atomic E-state index is -4.81. The summed E-state index contributed by atoms with van der Waals surface area (Å²) in [5.41, 5.74) is 1.76. The molecule has 4 atom stereocenters. The molecule has 0 radical (unpaired) electrons. The van der Waals surface area contributed by atoms with Crippen molar-refractivity contribution in [2.45, 2.75) is 75.9 Å². The van der Waals surface area contributed by atoms with E-state index in [2.05, 4.69) is 15.6 Å². The van der Waals surface area contributed by atoms with Gasteiger partial charge in [0.2, 0.25) is 23.6 Å². The molecule has 0 unspecified atom stereocenters. The van der Waals surface area contributed by atoms with Crippen LogP contribution in [0.15, 0.2) is 72.9 Å². The first-order valence-corrected chi connectivity index (χ1v) is 21.3. The van der Waals surface area contributed by atoms with Crippen LogP contribution < -0.4 is 15.4 Å². The molecule has 6 rings (SSSR count). The molecule has 2 aliphatic heterocycles. The number of nitrogens with zero attached hydrogens (tertiary/aromatic N) is 5. The third-order valence-electron chi connectivity index (χ3n) is 11.4. The van der Waals surface area contributed by atoms with Crippen LogP contribution in [-0.4, -0.2) is 113 Å². The Bertz CT molecular complexity index is 2270. The second kappa shape index (κ2) is 20.1. The Kier molecular flexibility index (Phi) is 15.1. The van der Waals surface area contributed by atoms with Crippen LogP contribution in [0.3, 0.4) is 0 Å². The van der Waals surface area contributed by atoms with Gasteiger partial charge < -0.3 is 39.4 Å². The van der Waals surface area contributed by atoms with E-state index in [4.69, 9.17) is 32.7 Å². The summed E-state index contributed by atoms with van der Waals surface area (Å²) in [6.07, 6.45) is -4.51. The second-order valence-electron chi connectivity index (χ2n) is 16.6. The number of fused-ring (bicyclic) bond motifs is 2. The first kappa shape index (κ1) is 47.3. The standard InChI is InChI=1S/C45H52Cl2F3N7O6/c1-28-41(59)52-36(26-62-5)42(60)53-44(21-29-7-12-33(46)13-8-29)17-6-18-56(27-44)43(61)32(22-45(48,49)50)19-40(58)57(28)24-31-9-14-34(47)20-38(31)63-35-15-10-30(11-16-35)37-23-51-39(55(37)4)25-54(2)3/h7-16,20,23,28,32,36H,6,17-19,21-22,24-27H2,1-5H3,(H,52,59)(H,53,60)/t28-,32-,36-,44+/m0/s1. The number of carbonyl (C=O) groups is 4. The summed E-state index contributed by atoms with van der Waals surface area (Å²) < 4.78 is 56.6. The molecule has 4 aromatic rings. The van der Waals surface area contributed by atoms with Crippen LogP contribution in [-0.2, 0) is 50.5 Å². The van der Waals surface area contributed by atoms with E-state index in [-0.39, 0.29) is 38.4 Å². The fourth-order valence-corrected chi connectivity index (χ4v) is 8.48. The number of hydrogen-bond acceptors (Lipinski definition) is 8. The van der Waals surface area contributed by atoms with E-state index in [1.807, 2.05) is 42.7 Å².